The number of benzene rings is 3. The van der Waals surface area contributed by atoms with Gasteiger partial charge in [-0.25, -0.2) is 8.42 Å². The number of nitrogens with one attached hydrogen (secondary N) is 3. The fourth-order valence-electron chi connectivity index (χ4n) is 2.65. The van der Waals surface area contributed by atoms with E-state index in [-0.39, 0.29) is 27.8 Å². The van der Waals surface area contributed by atoms with E-state index in [2.05, 4.69) is 15.6 Å². The third-order valence-electron chi connectivity index (χ3n) is 4.29. The van der Waals surface area contributed by atoms with Gasteiger partial charge in [-0.1, -0.05) is 48.0 Å². The number of rotatable bonds is 7. The van der Waals surface area contributed by atoms with Crippen LogP contribution in [0.3, 0.4) is 0 Å². The molecule has 3 rings (SSSR count). The summed E-state index contributed by atoms with van der Waals surface area (Å²) < 4.78 is 33.1. The fourth-order valence-corrected chi connectivity index (χ4v) is 4.01. The lowest BCUT2D eigenvalue weighted by Gasteiger charge is -2.12. The number of amides is 2. The maximum atomic E-state index is 12.7. The number of sulfonamides is 1. The first kappa shape index (κ1) is 23.1. The van der Waals surface area contributed by atoms with Crippen molar-refractivity contribution in [3.63, 3.8) is 0 Å². The van der Waals surface area contributed by atoms with Crippen LogP contribution in [0.15, 0.2) is 77.7 Å². The molecule has 0 bridgehead atoms. The highest BCUT2D eigenvalue weighted by Crippen LogP contribution is 2.24. The van der Waals surface area contributed by atoms with Crippen molar-refractivity contribution in [3.05, 3.63) is 88.9 Å². The van der Waals surface area contributed by atoms with Crippen LogP contribution in [0.1, 0.15) is 15.9 Å². The van der Waals surface area contributed by atoms with Crippen molar-refractivity contribution < 1.29 is 22.7 Å². The second-order valence-corrected chi connectivity index (χ2v) is 8.76. The van der Waals surface area contributed by atoms with Crippen molar-refractivity contribution in [2.75, 3.05) is 11.3 Å². The number of carbonyl (C=O) groups is 2. The number of carbonyl (C=O) groups excluding carboxylic acids is 2. The van der Waals surface area contributed by atoms with Crippen LogP contribution in [0.25, 0.3) is 0 Å². The highest BCUT2D eigenvalue weighted by atomic mass is 35.5. The molecule has 8 nitrogen and oxygen atoms in total. The Morgan fingerprint density at radius 2 is 1.66 bits per heavy atom. The number of para-hydroxylation sites is 2. The highest BCUT2D eigenvalue weighted by Gasteiger charge is 2.18. The molecule has 10 heteroatoms. The van der Waals surface area contributed by atoms with Gasteiger partial charge in [-0.3, -0.25) is 25.2 Å². The van der Waals surface area contributed by atoms with E-state index in [4.69, 9.17) is 16.3 Å². The third kappa shape index (κ3) is 5.99. The highest BCUT2D eigenvalue weighted by molar-refractivity contribution is 7.92. The average Bonchev–Trinajstić information content (AvgIpc) is 2.78. The maximum absolute atomic E-state index is 12.7. The van der Waals surface area contributed by atoms with Crippen LogP contribution in [0.4, 0.5) is 5.69 Å². The Balaban J connectivity index is 1.60. The molecule has 3 aromatic carbocycles. The molecule has 0 aliphatic carbocycles. The smallest absolute Gasteiger partial charge is 0.276 e. The molecule has 3 N–H and O–H groups in total. The van der Waals surface area contributed by atoms with E-state index in [1.807, 2.05) is 19.1 Å². The second kappa shape index (κ2) is 10.2. The van der Waals surface area contributed by atoms with Gasteiger partial charge in [0.15, 0.2) is 6.61 Å². The average molecular weight is 474 g/mol. The summed E-state index contributed by atoms with van der Waals surface area (Å²) in [6.45, 7) is 1.54. The van der Waals surface area contributed by atoms with E-state index in [9.17, 15) is 18.0 Å². The van der Waals surface area contributed by atoms with Crippen molar-refractivity contribution in [1.29, 1.82) is 0 Å². The van der Waals surface area contributed by atoms with Gasteiger partial charge in [0.1, 0.15) is 5.75 Å². The van der Waals surface area contributed by atoms with Gasteiger partial charge in [-0.05, 0) is 48.9 Å². The van der Waals surface area contributed by atoms with E-state index in [0.717, 1.165) is 5.56 Å². The summed E-state index contributed by atoms with van der Waals surface area (Å²) in [5.74, 6) is -0.715. The van der Waals surface area contributed by atoms with Gasteiger partial charge in [0.05, 0.1) is 15.6 Å². The molecule has 0 aromatic heterocycles. The molecule has 0 atom stereocenters. The minimum atomic E-state index is -3.99. The summed E-state index contributed by atoms with van der Waals surface area (Å²) in [6, 6.07) is 18.9. The van der Waals surface area contributed by atoms with Crippen LogP contribution < -0.4 is 20.3 Å². The molecule has 2 amide bonds. The lowest BCUT2D eigenvalue weighted by Crippen LogP contribution is -2.43. The molecule has 3 aromatic rings. The number of hydrogen-bond acceptors (Lipinski definition) is 5. The molecule has 166 valence electrons. The molecular weight excluding hydrogens is 454 g/mol. The largest absolute Gasteiger partial charge is 0.483 e. The van der Waals surface area contributed by atoms with Crippen molar-refractivity contribution >= 4 is 39.1 Å². The summed E-state index contributed by atoms with van der Waals surface area (Å²) >= 11 is 6.00. The number of hydrazine groups is 1. The summed E-state index contributed by atoms with van der Waals surface area (Å²) in [5.41, 5.74) is 5.58. The standard InChI is InChI=1S/C22H20ClN3O5S/c1-15-7-2-5-12-20(15)31-14-21(27)24-25-22(28)16-8-6-9-17(13-16)32(29,30)26-19-11-4-3-10-18(19)23/h2-13,26H,14H2,1H3,(H,24,27)(H,25,28). The van der Waals surface area contributed by atoms with E-state index >= 15 is 0 Å². The van der Waals surface area contributed by atoms with Gasteiger partial charge in [0.25, 0.3) is 21.8 Å². The number of halogens is 1. The maximum Gasteiger partial charge on any atom is 0.276 e. The first-order valence-corrected chi connectivity index (χ1v) is 11.3. The Bertz CT molecular complexity index is 1250. The summed E-state index contributed by atoms with van der Waals surface area (Å²) in [5, 5.41) is 0.237. The van der Waals surface area contributed by atoms with Gasteiger partial charge in [0, 0.05) is 5.56 Å². The Morgan fingerprint density at radius 3 is 2.41 bits per heavy atom. The van der Waals surface area contributed by atoms with Gasteiger partial charge in [0.2, 0.25) is 0 Å². The predicted octanol–water partition coefficient (Wildman–Crippen LogP) is 3.29. The minimum Gasteiger partial charge on any atom is -0.483 e. The Kier molecular flexibility index (Phi) is 7.34. The molecule has 0 saturated carbocycles. The van der Waals surface area contributed by atoms with Crippen molar-refractivity contribution in [3.8, 4) is 5.75 Å². The zero-order valence-corrected chi connectivity index (χ0v) is 18.5. The molecule has 0 radical (unpaired) electrons. The van der Waals surface area contributed by atoms with Gasteiger partial charge in [-0.15, -0.1) is 0 Å². The van der Waals surface area contributed by atoms with Crippen LogP contribution in [0.2, 0.25) is 5.02 Å². The monoisotopic (exact) mass is 473 g/mol. The number of hydrogen-bond donors (Lipinski definition) is 3. The molecule has 0 fully saturated rings. The first-order valence-electron chi connectivity index (χ1n) is 9.41. The number of ether oxygens (including phenoxy) is 1. The fraction of sp³-hybridized carbons (Fsp3) is 0.0909. The second-order valence-electron chi connectivity index (χ2n) is 6.67. The van der Waals surface area contributed by atoms with Gasteiger partial charge < -0.3 is 4.74 Å². The molecule has 0 unspecified atom stereocenters. The van der Waals surface area contributed by atoms with Crippen LogP contribution in [0, 0.1) is 6.92 Å². The Hall–Kier alpha value is -3.56. The molecule has 32 heavy (non-hydrogen) atoms. The quantitative estimate of drug-likeness (QED) is 0.456. The van der Waals surface area contributed by atoms with Gasteiger partial charge in [-0.2, -0.15) is 0 Å². The first-order chi connectivity index (χ1) is 15.3. The topological polar surface area (TPSA) is 114 Å². The summed E-state index contributed by atoms with van der Waals surface area (Å²) in [7, 11) is -3.99. The van der Waals surface area contributed by atoms with Crippen LogP contribution in [0.5, 0.6) is 5.75 Å². The Morgan fingerprint density at radius 1 is 0.938 bits per heavy atom. The molecule has 0 aliphatic heterocycles. The lowest BCUT2D eigenvalue weighted by molar-refractivity contribution is -0.123. The van der Waals surface area contributed by atoms with E-state index in [1.54, 1.807) is 30.3 Å². The summed E-state index contributed by atoms with van der Waals surface area (Å²) in [4.78, 5) is 24.2. The lowest BCUT2D eigenvalue weighted by atomic mass is 10.2. The normalized spacial score (nSPS) is 10.8. The van der Waals surface area contributed by atoms with Crippen molar-refractivity contribution in [2.45, 2.75) is 11.8 Å². The molecular formula is C22H20ClN3O5S. The van der Waals surface area contributed by atoms with Crippen LogP contribution in [-0.2, 0) is 14.8 Å². The molecule has 0 aliphatic rings. The molecule has 0 heterocycles. The van der Waals surface area contributed by atoms with Crippen LogP contribution >= 0.6 is 11.6 Å². The predicted molar refractivity (Wildman–Crippen MR) is 121 cm³/mol. The van der Waals surface area contributed by atoms with Gasteiger partial charge >= 0.3 is 0 Å². The zero-order valence-electron chi connectivity index (χ0n) is 17.0. The molecule has 0 spiro atoms. The number of anilines is 1. The van der Waals surface area contributed by atoms with E-state index in [1.165, 1.54) is 30.3 Å². The minimum absolute atomic E-state index is 0.0344. The number of aryl methyl sites for hydroxylation is 1. The summed E-state index contributed by atoms with van der Waals surface area (Å²) in [6.07, 6.45) is 0. The zero-order chi connectivity index (χ0) is 23.1. The molecule has 0 saturated heterocycles. The van der Waals surface area contributed by atoms with E-state index in [0.29, 0.717) is 5.75 Å². The van der Waals surface area contributed by atoms with Crippen LogP contribution in [-0.4, -0.2) is 26.8 Å². The van der Waals surface area contributed by atoms with E-state index < -0.39 is 21.8 Å². The third-order valence-corrected chi connectivity index (χ3v) is 5.99. The Labute approximate surface area is 190 Å². The van der Waals surface area contributed by atoms with Crippen molar-refractivity contribution in [1.82, 2.24) is 10.9 Å². The SMILES string of the molecule is Cc1ccccc1OCC(=O)NNC(=O)c1cccc(S(=O)(=O)Nc2ccccc2Cl)c1. The van der Waals surface area contributed by atoms with Crippen molar-refractivity contribution in [2.24, 2.45) is 0 Å².